The lowest BCUT2D eigenvalue weighted by Gasteiger charge is -2.30. The zero-order chi connectivity index (χ0) is 15.0. The van der Waals surface area contributed by atoms with E-state index in [1.807, 2.05) is 17.9 Å². The van der Waals surface area contributed by atoms with Crippen LogP contribution in [0.2, 0.25) is 0 Å². The minimum Gasteiger partial charge on any atom is -0.329 e. The molecule has 1 atom stereocenters. The maximum atomic E-state index is 5.99. The summed E-state index contributed by atoms with van der Waals surface area (Å²) in [6.45, 7) is 12.8. The van der Waals surface area contributed by atoms with Gasteiger partial charge in [0.25, 0.3) is 0 Å². The zero-order valence-electron chi connectivity index (χ0n) is 13.5. The molecule has 0 bridgehead atoms. The maximum absolute atomic E-state index is 5.99. The molecular weight excluding hydrogens is 250 g/mol. The van der Waals surface area contributed by atoms with Crippen LogP contribution in [0.15, 0.2) is 12.4 Å². The van der Waals surface area contributed by atoms with E-state index in [9.17, 15) is 0 Å². The number of hydrogen-bond donors (Lipinski definition) is 1. The highest BCUT2D eigenvalue weighted by Gasteiger charge is 2.18. The third-order valence-electron chi connectivity index (χ3n) is 3.99. The summed E-state index contributed by atoms with van der Waals surface area (Å²) in [5, 5.41) is 4.26. The Bertz CT molecular complexity index is 359. The lowest BCUT2D eigenvalue weighted by Crippen LogP contribution is -2.36. The number of likely N-dealkylation sites (N-methyl/N-ethyl adjacent to an activating group) is 1. The van der Waals surface area contributed by atoms with Gasteiger partial charge in [-0.3, -0.25) is 9.58 Å². The van der Waals surface area contributed by atoms with Crippen LogP contribution in [0, 0.1) is 0 Å². The molecule has 0 saturated heterocycles. The molecule has 5 nitrogen and oxygen atoms in total. The SMILES string of the molecule is CCN(CC)CCCN(CC)C(CN)c1cnn(C)c1. The maximum Gasteiger partial charge on any atom is 0.0538 e. The number of aromatic nitrogens is 2. The van der Waals surface area contributed by atoms with Crippen LogP contribution in [0.25, 0.3) is 0 Å². The van der Waals surface area contributed by atoms with Crippen molar-refractivity contribution in [3.63, 3.8) is 0 Å². The Morgan fingerprint density at radius 2 is 1.90 bits per heavy atom. The monoisotopic (exact) mass is 281 g/mol. The summed E-state index contributed by atoms with van der Waals surface area (Å²) >= 11 is 0. The summed E-state index contributed by atoms with van der Waals surface area (Å²) in [6.07, 6.45) is 5.20. The second kappa shape index (κ2) is 9.10. The molecule has 0 aliphatic rings. The molecule has 1 heterocycles. The lowest BCUT2D eigenvalue weighted by molar-refractivity contribution is 0.193. The second-order valence-electron chi connectivity index (χ2n) is 5.21. The van der Waals surface area contributed by atoms with E-state index in [2.05, 4.69) is 41.9 Å². The molecule has 5 heteroatoms. The van der Waals surface area contributed by atoms with Gasteiger partial charge in [-0.25, -0.2) is 0 Å². The molecule has 0 fully saturated rings. The van der Waals surface area contributed by atoms with E-state index >= 15 is 0 Å². The number of nitrogens with two attached hydrogens (primary N) is 1. The molecular formula is C15H31N5. The van der Waals surface area contributed by atoms with Crippen molar-refractivity contribution in [3.05, 3.63) is 18.0 Å². The van der Waals surface area contributed by atoms with Gasteiger partial charge in [0, 0.05) is 31.9 Å². The predicted octanol–water partition coefficient (Wildman–Crippen LogP) is 1.47. The van der Waals surface area contributed by atoms with Gasteiger partial charge in [-0.2, -0.15) is 5.10 Å². The quantitative estimate of drug-likeness (QED) is 0.706. The van der Waals surface area contributed by atoms with E-state index in [4.69, 9.17) is 5.73 Å². The van der Waals surface area contributed by atoms with Crippen LogP contribution in [0.3, 0.4) is 0 Å². The van der Waals surface area contributed by atoms with Gasteiger partial charge in [-0.15, -0.1) is 0 Å². The predicted molar refractivity (Wildman–Crippen MR) is 84.7 cm³/mol. The van der Waals surface area contributed by atoms with Crippen molar-refractivity contribution >= 4 is 0 Å². The van der Waals surface area contributed by atoms with Crippen LogP contribution in [0.5, 0.6) is 0 Å². The zero-order valence-corrected chi connectivity index (χ0v) is 13.5. The third-order valence-corrected chi connectivity index (χ3v) is 3.99. The van der Waals surface area contributed by atoms with E-state index in [1.165, 1.54) is 12.0 Å². The minimum atomic E-state index is 0.283. The molecule has 0 spiro atoms. The summed E-state index contributed by atoms with van der Waals surface area (Å²) in [6, 6.07) is 0.283. The summed E-state index contributed by atoms with van der Waals surface area (Å²) in [4.78, 5) is 4.93. The molecule has 2 N–H and O–H groups in total. The van der Waals surface area contributed by atoms with E-state index in [1.54, 1.807) is 0 Å². The number of hydrogen-bond acceptors (Lipinski definition) is 4. The van der Waals surface area contributed by atoms with Gasteiger partial charge in [-0.1, -0.05) is 20.8 Å². The highest BCUT2D eigenvalue weighted by Crippen LogP contribution is 2.19. The standard InChI is InChI=1S/C15H31N5/c1-5-19(6-2)9-8-10-20(7-3)15(11-16)14-12-17-18(4)13-14/h12-13,15H,5-11,16H2,1-4H3. The Hall–Kier alpha value is -0.910. The molecule has 20 heavy (non-hydrogen) atoms. The Kier molecular flexibility index (Phi) is 7.80. The van der Waals surface area contributed by atoms with E-state index in [0.717, 1.165) is 32.7 Å². The van der Waals surface area contributed by atoms with Crippen LogP contribution in [0.4, 0.5) is 0 Å². The fourth-order valence-electron chi connectivity index (χ4n) is 2.68. The average Bonchev–Trinajstić information content (AvgIpc) is 2.88. The third kappa shape index (κ3) is 4.89. The molecule has 116 valence electrons. The van der Waals surface area contributed by atoms with Gasteiger partial charge in [0.2, 0.25) is 0 Å². The van der Waals surface area contributed by atoms with Gasteiger partial charge < -0.3 is 10.6 Å². The van der Waals surface area contributed by atoms with Crippen molar-refractivity contribution in [2.45, 2.75) is 33.2 Å². The molecule has 1 aromatic rings. The molecule has 0 aromatic carbocycles. The number of nitrogens with zero attached hydrogens (tertiary/aromatic N) is 4. The number of rotatable bonds is 10. The van der Waals surface area contributed by atoms with E-state index < -0.39 is 0 Å². The Morgan fingerprint density at radius 1 is 1.20 bits per heavy atom. The second-order valence-corrected chi connectivity index (χ2v) is 5.21. The molecule has 1 unspecified atom stereocenters. The molecule has 0 aliphatic heterocycles. The Morgan fingerprint density at radius 3 is 2.35 bits per heavy atom. The first-order valence-electron chi connectivity index (χ1n) is 7.81. The van der Waals surface area contributed by atoms with Crippen LogP contribution in [-0.2, 0) is 7.05 Å². The van der Waals surface area contributed by atoms with Crippen LogP contribution in [0.1, 0.15) is 38.8 Å². The first kappa shape index (κ1) is 17.1. The first-order valence-corrected chi connectivity index (χ1v) is 7.81. The summed E-state index contributed by atoms with van der Waals surface area (Å²) in [5.74, 6) is 0. The van der Waals surface area contributed by atoms with Crippen molar-refractivity contribution in [1.29, 1.82) is 0 Å². The van der Waals surface area contributed by atoms with Crippen LogP contribution >= 0.6 is 0 Å². The topological polar surface area (TPSA) is 50.3 Å². The Labute approximate surface area is 123 Å². The van der Waals surface area contributed by atoms with Crippen molar-refractivity contribution in [3.8, 4) is 0 Å². The number of aryl methyl sites for hydroxylation is 1. The highest BCUT2D eigenvalue weighted by atomic mass is 15.3. The van der Waals surface area contributed by atoms with Crippen LogP contribution in [-0.4, -0.2) is 58.8 Å². The molecule has 1 aromatic heterocycles. The Balaban J connectivity index is 2.54. The van der Waals surface area contributed by atoms with Crippen molar-refractivity contribution in [2.24, 2.45) is 12.8 Å². The molecule has 0 saturated carbocycles. The van der Waals surface area contributed by atoms with Gasteiger partial charge in [0.1, 0.15) is 0 Å². The molecule has 0 amide bonds. The van der Waals surface area contributed by atoms with Crippen molar-refractivity contribution < 1.29 is 0 Å². The summed E-state index contributed by atoms with van der Waals surface area (Å²) in [5.41, 5.74) is 7.21. The minimum absolute atomic E-state index is 0.283. The smallest absolute Gasteiger partial charge is 0.0538 e. The van der Waals surface area contributed by atoms with Crippen LogP contribution < -0.4 is 5.73 Å². The molecule has 0 radical (unpaired) electrons. The summed E-state index contributed by atoms with van der Waals surface area (Å²) in [7, 11) is 1.95. The molecule has 0 aliphatic carbocycles. The molecule has 1 rings (SSSR count). The summed E-state index contributed by atoms with van der Waals surface area (Å²) < 4.78 is 1.85. The fraction of sp³-hybridized carbons (Fsp3) is 0.800. The van der Waals surface area contributed by atoms with Crippen molar-refractivity contribution in [1.82, 2.24) is 19.6 Å². The average molecular weight is 281 g/mol. The van der Waals surface area contributed by atoms with E-state index in [0.29, 0.717) is 6.54 Å². The van der Waals surface area contributed by atoms with Gasteiger partial charge in [0.15, 0.2) is 0 Å². The lowest BCUT2D eigenvalue weighted by atomic mass is 10.1. The largest absolute Gasteiger partial charge is 0.329 e. The fourth-order valence-corrected chi connectivity index (χ4v) is 2.68. The highest BCUT2D eigenvalue weighted by molar-refractivity contribution is 5.11. The normalized spacial score (nSPS) is 13.3. The van der Waals surface area contributed by atoms with Gasteiger partial charge in [-0.05, 0) is 32.6 Å². The van der Waals surface area contributed by atoms with Crippen molar-refractivity contribution in [2.75, 3.05) is 39.3 Å². The first-order chi connectivity index (χ1) is 9.65. The van der Waals surface area contributed by atoms with Gasteiger partial charge >= 0.3 is 0 Å². The van der Waals surface area contributed by atoms with Gasteiger partial charge in [0.05, 0.1) is 12.2 Å². The van der Waals surface area contributed by atoms with E-state index in [-0.39, 0.29) is 6.04 Å².